The Kier molecular flexibility index (Phi) is 37.0. The highest BCUT2D eigenvalue weighted by Gasteiger charge is 2.19. The maximum Gasteiger partial charge on any atom is 0.306 e. The van der Waals surface area contributed by atoms with Crippen LogP contribution in [0.5, 0.6) is 0 Å². The molecule has 0 aromatic heterocycles. The van der Waals surface area contributed by atoms with Crippen molar-refractivity contribution >= 4 is 17.9 Å². The van der Waals surface area contributed by atoms with Gasteiger partial charge in [-0.15, -0.1) is 0 Å². The standard InChI is InChI=1S/C45H86O6/c1-6-8-9-10-11-12-16-20-27-32-37-45(48)51-42(39-50-44(47)36-31-26-22-21-23-28-33-40(3)4)38-49-43(46)35-30-25-19-17-14-13-15-18-24-29-34-41(5)7-2/h40-42H,6-39H2,1-5H3/t41?,42-/m1/s1. The lowest BCUT2D eigenvalue weighted by Gasteiger charge is -2.18. The van der Waals surface area contributed by atoms with E-state index in [1.54, 1.807) is 0 Å². The Morgan fingerprint density at radius 1 is 0.412 bits per heavy atom. The number of carbonyl (C=O) groups excluding carboxylic acids is 3. The molecule has 0 rings (SSSR count). The van der Waals surface area contributed by atoms with E-state index in [1.165, 1.54) is 128 Å². The van der Waals surface area contributed by atoms with Gasteiger partial charge in [0.15, 0.2) is 6.10 Å². The lowest BCUT2D eigenvalue weighted by atomic mass is 9.99. The fourth-order valence-corrected chi connectivity index (χ4v) is 6.54. The minimum atomic E-state index is -0.760. The second kappa shape index (κ2) is 38.1. The Hall–Kier alpha value is -1.59. The van der Waals surface area contributed by atoms with E-state index in [4.69, 9.17) is 14.2 Å². The number of hydrogen-bond donors (Lipinski definition) is 0. The molecular formula is C45H86O6. The molecule has 0 N–H and O–H groups in total. The molecule has 0 aromatic rings. The molecule has 0 aliphatic heterocycles. The van der Waals surface area contributed by atoms with Gasteiger partial charge >= 0.3 is 17.9 Å². The van der Waals surface area contributed by atoms with Gasteiger partial charge in [0.1, 0.15) is 13.2 Å². The number of rotatable bonds is 39. The molecule has 51 heavy (non-hydrogen) atoms. The van der Waals surface area contributed by atoms with Gasteiger partial charge in [0.05, 0.1) is 0 Å². The largest absolute Gasteiger partial charge is 0.462 e. The van der Waals surface area contributed by atoms with Crippen LogP contribution < -0.4 is 0 Å². The fourth-order valence-electron chi connectivity index (χ4n) is 6.54. The second-order valence-electron chi connectivity index (χ2n) is 16.1. The molecule has 0 saturated carbocycles. The smallest absolute Gasteiger partial charge is 0.306 e. The molecule has 0 bridgehead atoms. The van der Waals surface area contributed by atoms with Crippen LogP contribution in [0, 0.1) is 11.8 Å². The van der Waals surface area contributed by atoms with E-state index in [2.05, 4.69) is 34.6 Å². The van der Waals surface area contributed by atoms with Crippen LogP contribution in [0.3, 0.4) is 0 Å². The van der Waals surface area contributed by atoms with E-state index in [0.29, 0.717) is 19.3 Å². The zero-order chi connectivity index (χ0) is 37.6. The Bertz CT molecular complexity index is 781. The van der Waals surface area contributed by atoms with Crippen molar-refractivity contribution in [1.82, 2.24) is 0 Å². The quantitative estimate of drug-likeness (QED) is 0.0357. The fraction of sp³-hybridized carbons (Fsp3) is 0.933. The third kappa shape index (κ3) is 38.0. The van der Waals surface area contributed by atoms with E-state index < -0.39 is 6.10 Å². The third-order valence-corrected chi connectivity index (χ3v) is 10.3. The van der Waals surface area contributed by atoms with Gasteiger partial charge < -0.3 is 14.2 Å². The Morgan fingerprint density at radius 2 is 0.745 bits per heavy atom. The minimum Gasteiger partial charge on any atom is -0.462 e. The van der Waals surface area contributed by atoms with Gasteiger partial charge in [0, 0.05) is 19.3 Å². The molecule has 302 valence electrons. The zero-order valence-corrected chi connectivity index (χ0v) is 34.7. The van der Waals surface area contributed by atoms with E-state index >= 15 is 0 Å². The molecule has 6 heteroatoms. The van der Waals surface area contributed by atoms with Crippen molar-refractivity contribution in [3.8, 4) is 0 Å². The van der Waals surface area contributed by atoms with Crippen molar-refractivity contribution in [3.63, 3.8) is 0 Å². The highest BCUT2D eigenvalue weighted by molar-refractivity contribution is 5.71. The molecule has 2 atom stereocenters. The number of carbonyl (C=O) groups is 3. The minimum absolute atomic E-state index is 0.0659. The highest BCUT2D eigenvalue weighted by Crippen LogP contribution is 2.17. The van der Waals surface area contributed by atoms with Gasteiger partial charge in [-0.25, -0.2) is 0 Å². The summed E-state index contributed by atoms with van der Waals surface area (Å²) in [6.07, 6.45) is 35.2. The molecule has 0 aliphatic carbocycles. The first-order chi connectivity index (χ1) is 24.8. The highest BCUT2D eigenvalue weighted by atomic mass is 16.6. The van der Waals surface area contributed by atoms with Gasteiger partial charge in [-0.1, -0.05) is 202 Å². The second-order valence-corrected chi connectivity index (χ2v) is 16.1. The van der Waals surface area contributed by atoms with Gasteiger partial charge in [-0.3, -0.25) is 14.4 Å². The SMILES string of the molecule is CCCCCCCCCCCCC(=O)O[C@H](COC(=O)CCCCCCCCCCCCC(C)CC)COC(=O)CCCCCCCCC(C)C. The van der Waals surface area contributed by atoms with Crippen molar-refractivity contribution in [2.24, 2.45) is 11.8 Å². The maximum absolute atomic E-state index is 12.7. The summed E-state index contributed by atoms with van der Waals surface area (Å²) in [6, 6.07) is 0. The van der Waals surface area contributed by atoms with Crippen LogP contribution in [0.4, 0.5) is 0 Å². The number of hydrogen-bond acceptors (Lipinski definition) is 6. The predicted octanol–water partition coefficient (Wildman–Crippen LogP) is 13.8. The summed E-state index contributed by atoms with van der Waals surface area (Å²) in [4.78, 5) is 37.6. The molecule has 1 unspecified atom stereocenters. The van der Waals surface area contributed by atoms with Crippen molar-refractivity contribution < 1.29 is 28.6 Å². The van der Waals surface area contributed by atoms with E-state index in [-0.39, 0.29) is 31.1 Å². The summed E-state index contributed by atoms with van der Waals surface area (Å²) in [5, 5.41) is 0. The molecular weight excluding hydrogens is 636 g/mol. The van der Waals surface area contributed by atoms with Crippen molar-refractivity contribution in [3.05, 3.63) is 0 Å². The molecule has 0 fully saturated rings. The Labute approximate surface area is 317 Å². The Balaban J connectivity index is 4.31. The van der Waals surface area contributed by atoms with E-state index in [0.717, 1.165) is 69.6 Å². The van der Waals surface area contributed by atoms with Gasteiger partial charge in [-0.2, -0.15) is 0 Å². The summed E-state index contributed by atoms with van der Waals surface area (Å²) in [5.41, 5.74) is 0. The first kappa shape index (κ1) is 49.4. The molecule has 0 spiro atoms. The van der Waals surface area contributed by atoms with Crippen LogP contribution in [-0.4, -0.2) is 37.2 Å². The first-order valence-electron chi connectivity index (χ1n) is 22.3. The molecule has 0 aliphatic rings. The predicted molar refractivity (Wildman–Crippen MR) is 215 cm³/mol. The summed E-state index contributed by atoms with van der Waals surface area (Å²) in [5.74, 6) is 0.768. The molecule has 0 saturated heterocycles. The lowest BCUT2D eigenvalue weighted by molar-refractivity contribution is -0.167. The third-order valence-electron chi connectivity index (χ3n) is 10.3. The van der Waals surface area contributed by atoms with E-state index in [1.807, 2.05) is 0 Å². The molecule has 0 radical (unpaired) electrons. The summed E-state index contributed by atoms with van der Waals surface area (Å²) < 4.78 is 16.7. The number of ether oxygens (including phenoxy) is 3. The monoisotopic (exact) mass is 723 g/mol. The van der Waals surface area contributed by atoms with Gasteiger partial charge in [0.25, 0.3) is 0 Å². The van der Waals surface area contributed by atoms with Crippen LogP contribution in [-0.2, 0) is 28.6 Å². The average Bonchev–Trinajstić information content (AvgIpc) is 3.11. The van der Waals surface area contributed by atoms with E-state index in [9.17, 15) is 14.4 Å². The lowest BCUT2D eigenvalue weighted by Crippen LogP contribution is -2.30. The summed E-state index contributed by atoms with van der Waals surface area (Å²) >= 11 is 0. The van der Waals surface area contributed by atoms with Crippen LogP contribution in [0.15, 0.2) is 0 Å². The maximum atomic E-state index is 12.7. The van der Waals surface area contributed by atoms with Crippen LogP contribution in [0.1, 0.15) is 240 Å². The average molecular weight is 723 g/mol. The summed E-state index contributed by atoms with van der Waals surface area (Å²) in [7, 11) is 0. The van der Waals surface area contributed by atoms with Gasteiger partial charge in [0.2, 0.25) is 0 Å². The Morgan fingerprint density at radius 3 is 1.12 bits per heavy atom. The number of unbranched alkanes of at least 4 members (excludes halogenated alkanes) is 23. The zero-order valence-electron chi connectivity index (χ0n) is 34.7. The molecule has 0 amide bonds. The van der Waals surface area contributed by atoms with Crippen LogP contribution in [0.25, 0.3) is 0 Å². The van der Waals surface area contributed by atoms with Crippen molar-refractivity contribution in [2.75, 3.05) is 13.2 Å². The van der Waals surface area contributed by atoms with Crippen molar-refractivity contribution in [1.29, 1.82) is 0 Å². The molecule has 0 aromatic carbocycles. The van der Waals surface area contributed by atoms with Crippen LogP contribution >= 0.6 is 0 Å². The number of esters is 3. The summed E-state index contributed by atoms with van der Waals surface area (Å²) in [6.45, 7) is 11.3. The topological polar surface area (TPSA) is 78.9 Å². The normalized spacial score (nSPS) is 12.6. The molecule has 6 nitrogen and oxygen atoms in total. The van der Waals surface area contributed by atoms with Crippen LogP contribution in [0.2, 0.25) is 0 Å². The van der Waals surface area contributed by atoms with Crippen molar-refractivity contribution in [2.45, 2.75) is 246 Å². The molecule has 0 heterocycles. The first-order valence-corrected chi connectivity index (χ1v) is 22.3. The van der Waals surface area contributed by atoms with Gasteiger partial charge in [-0.05, 0) is 31.1 Å².